The van der Waals surface area contributed by atoms with Gasteiger partial charge in [-0.1, -0.05) is 12.1 Å². The van der Waals surface area contributed by atoms with Gasteiger partial charge in [0.05, 0.1) is 31.4 Å². The Bertz CT molecular complexity index is 1010. The van der Waals surface area contributed by atoms with Gasteiger partial charge in [0.2, 0.25) is 0 Å². The molecule has 1 amide bonds. The van der Waals surface area contributed by atoms with E-state index in [1.807, 2.05) is 42.5 Å². The largest absolute Gasteiger partial charge is 0.497 e. The van der Waals surface area contributed by atoms with Crippen LogP contribution in [0.25, 0.3) is 0 Å². The molecule has 1 saturated carbocycles. The van der Waals surface area contributed by atoms with Crippen molar-refractivity contribution >= 4 is 17.6 Å². The van der Waals surface area contributed by atoms with Gasteiger partial charge in [0.25, 0.3) is 5.91 Å². The van der Waals surface area contributed by atoms with E-state index < -0.39 is 5.97 Å². The SMILES string of the molecule is CNC(=O)c1ccc(OC)cc1N1CCC(COc2cccc(C(CC(=O)O)C3CC3)c2)CC1. The molecule has 1 saturated heterocycles. The lowest BCUT2D eigenvalue weighted by atomic mass is 9.91. The number of rotatable bonds is 10. The number of amides is 1. The number of hydrogen-bond donors (Lipinski definition) is 2. The fourth-order valence-corrected chi connectivity index (χ4v) is 4.86. The van der Waals surface area contributed by atoms with Gasteiger partial charge in [-0.05, 0) is 73.3 Å². The third-order valence-corrected chi connectivity index (χ3v) is 6.99. The summed E-state index contributed by atoms with van der Waals surface area (Å²) in [5.41, 5.74) is 2.62. The summed E-state index contributed by atoms with van der Waals surface area (Å²) >= 11 is 0. The van der Waals surface area contributed by atoms with Gasteiger partial charge in [-0.2, -0.15) is 0 Å². The number of carbonyl (C=O) groups is 2. The van der Waals surface area contributed by atoms with Crippen LogP contribution in [0, 0.1) is 11.8 Å². The Kier molecular flexibility index (Phi) is 7.60. The second-order valence-electron chi connectivity index (χ2n) is 9.32. The van der Waals surface area contributed by atoms with E-state index in [0.29, 0.717) is 24.0 Å². The van der Waals surface area contributed by atoms with Crippen LogP contribution in [0.5, 0.6) is 11.5 Å². The lowest BCUT2D eigenvalue weighted by molar-refractivity contribution is -0.137. The van der Waals surface area contributed by atoms with Crippen LogP contribution < -0.4 is 19.7 Å². The molecule has 182 valence electrons. The molecule has 2 aromatic rings. The number of anilines is 1. The van der Waals surface area contributed by atoms with Gasteiger partial charge >= 0.3 is 5.97 Å². The van der Waals surface area contributed by atoms with Crippen molar-refractivity contribution in [2.75, 3.05) is 38.8 Å². The van der Waals surface area contributed by atoms with E-state index in [4.69, 9.17) is 9.47 Å². The maximum absolute atomic E-state index is 12.3. The number of nitrogens with zero attached hydrogens (tertiary/aromatic N) is 1. The van der Waals surface area contributed by atoms with E-state index in [1.54, 1.807) is 14.2 Å². The molecule has 2 aliphatic rings. The summed E-state index contributed by atoms with van der Waals surface area (Å²) in [6.07, 6.45) is 4.32. The van der Waals surface area contributed by atoms with Gasteiger partial charge in [0, 0.05) is 26.2 Å². The molecular weight excluding hydrogens is 432 g/mol. The highest BCUT2D eigenvalue weighted by Crippen LogP contribution is 2.45. The quantitative estimate of drug-likeness (QED) is 0.542. The molecule has 7 nitrogen and oxygen atoms in total. The number of carboxylic acid groups (broad SMARTS) is 1. The molecular formula is C27H34N2O5. The predicted octanol–water partition coefficient (Wildman–Crippen LogP) is 4.32. The Labute approximate surface area is 201 Å². The fraction of sp³-hybridized carbons (Fsp3) is 0.481. The van der Waals surface area contributed by atoms with Gasteiger partial charge in [-0.25, -0.2) is 0 Å². The van der Waals surface area contributed by atoms with Gasteiger partial charge in [0.15, 0.2) is 0 Å². The minimum atomic E-state index is -0.745. The van der Waals surface area contributed by atoms with Crippen LogP contribution >= 0.6 is 0 Å². The molecule has 2 fully saturated rings. The van der Waals surface area contributed by atoms with Crippen molar-refractivity contribution in [3.05, 3.63) is 53.6 Å². The summed E-state index contributed by atoms with van der Waals surface area (Å²) in [4.78, 5) is 25.9. The first-order valence-corrected chi connectivity index (χ1v) is 12.1. The highest BCUT2D eigenvalue weighted by atomic mass is 16.5. The zero-order valence-corrected chi connectivity index (χ0v) is 20.0. The summed E-state index contributed by atoms with van der Waals surface area (Å²) < 4.78 is 11.5. The van der Waals surface area contributed by atoms with Gasteiger partial charge in [-0.15, -0.1) is 0 Å². The van der Waals surface area contributed by atoms with E-state index in [9.17, 15) is 14.7 Å². The Hall–Kier alpha value is -3.22. The van der Waals surface area contributed by atoms with Crippen molar-refractivity contribution in [1.82, 2.24) is 5.32 Å². The van der Waals surface area contributed by atoms with Crippen molar-refractivity contribution in [3.63, 3.8) is 0 Å². The molecule has 1 atom stereocenters. The first-order valence-electron chi connectivity index (χ1n) is 12.1. The summed E-state index contributed by atoms with van der Waals surface area (Å²) in [5.74, 6) is 1.67. The maximum Gasteiger partial charge on any atom is 0.303 e. The predicted molar refractivity (Wildman–Crippen MR) is 131 cm³/mol. The number of methoxy groups -OCH3 is 1. The molecule has 2 aromatic carbocycles. The minimum absolute atomic E-state index is 0.0710. The monoisotopic (exact) mass is 466 g/mol. The zero-order valence-electron chi connectivity index (χ0n) is 20.0. The van der Waals surface area contributed by atoms with Crippen molar-refractivity contribution in [2.45, 2.75) is 38.0 Å². The lowest BCUT2D eigenvalue weighted by Gasteiger charge is -2.34. The number of hydrogen-bond acceptors (Lipinski definition) is 5. The first-order chi connectivity index (χ1) is 16.5. The maximum atomic E-state index is 12.3. The topological polar surface area (TPSA) is 88.1 Å². The zero-order chi connectivity index (χ0) is 24.1. The molecule has 7 heteroatoms. The lowest BCUT2D eigenvalue weighted by Crippen LogP contribution is -2.37. The summed E-state index contributed by atoms with van der Waals surface area (Å²) in [6, 6.07) is 13.5. The Morgan fingerprint density at radius 1 is 1.09 bits per heavy atom. The van der Waals surface area contributed by atoms with Crippen LogP contribution in [0.15, 0.2) is 42.5 Å². The Morgan fingerprint density at radius 3 is 2.50 bits per heavy atom. The van der Waals surface area contributed by atoms with Gasteiger partial charge in [0.1, 0.15) is 11.5 Å². The van der Waals surface area contributed by atoms with Gasteiger partial charge < -0.3 is 24.8 Å². The molecule has 1 heterocycles. The van der Waals surface area contributed by atoms with Crippen LogP contribution in [0.4, 0.5) is 5.69 Å². The van der Waals surface area contributed by atoms with Crippen molar-refractivity contribution < 1.29 is 24.2 Å². The second-order valence-corrected chi connectivity index (χ2v) is 9.32. The van der Waals surface area contributed by atoms with Crippen LogP contribution in [0.1, 0.15) is 53.9 Å². The first kappa shape index (κ1) is 23.9. The Morgan fingerprint density at radius 2 is 1.85 bits per heavy atom. The fourth-order valence-electron chi connectivity index (χ4n) is 4.86. The van der Waals surface area contributed by atoms with E-state index in [2.05, 4.69) is 10.2 Å². The number of nitrogens with one attached hydrogen (secondary N) is 1. The molecule has 0 bridgehead atoms. The van der Waals surface area contributed by atoms with Crippen molar-refractivity contribution in [3.8, 4) is 11.5 Å². The second kappa shape index (κ2) is 10.8. The van der Waals surface area contributed by atoms with Crippen LogP contribution in [-0.2, 0) is 4.79 Å². The number of piperidine rings is 1. The number of carboxylic acids is 1. The smallest absolute Gasteiger partial charge is 0.303 e. The summed E-state index contributed by atoms with van der Waals surface area (Å²) in [6.45, 7) is 2.31. The number of ether oxygens (including phenoxy) is 2. The highest BCUT2D eigenvalue weighted by molar-refractivity contribution is 6.00. The number of aliphatic carboxylic acids is 1. The molecule has 2 N–H and O–H groups in total. The van der Waals surface area contributed by atoms with E-state index in [-0.39, 0.29) is 18.2 Å². The van der Waals surface area contributed by atoms with E-state index in [1.165, 1.54) is 0 Å². The molecule has 34 heavy (non-hydrogen) atoms. The molecule has 0 spiro atoms. The molecule has 1 aliphatic carbocycles. The van der Waals surface area contributed by atoms with Crippen LogP contribution in [-0.4, -0.2) is 50.8 Å². The standard InChI is InChI=1S/C27H34N2O5/c1-28-27(32)23-9-8-21(33-2)15-25(23)29-12-10-18(11-13-29)17-34-22-5-3-4-20(14-22)24(16-26(30)31)19-6-7-19/h3-5,8-9,14-15,18-19,24H,6-7,10-13,16-17H2,1-2H3,(H,28,32)(H,30,31). The average molecular weight is 467 g/mol. The van der Waals surface area contributed by atoms with Gasteiger partial charge in [-0.3, -0.25) is 9.59 Å². The Balaban J connectivity index is 1.35. The third kappa shape index (κ3) is 5.82. The summed E-state index contributed by atoms with van der Waals surface area (Å²) in [7, 11) is 3.27. The molecule has 0 aromatic heterocycles. The number of benzene rings is 2. The van der Waals surface area contributed by atoms with Crippen LogP contribution in [0.2, 0.25) is 0 Å². The summed E-state index contributed by atoms with van der Waals surface area (Å²) in [5, 5.41) is 12.0. The van der Waals surface area contributed by atoms with Crippen molar-refractivity contribution in [2.24, 2.45) is 11.8 Å². The molecule has 1 aliphatic heterocycles. The number of carbonyl (C=O) groups excluding carboxylic acids is 1. The van der Waals surface area contributed by atoms with E-state index in [0.717, 1.165) is 61.5 Å². The molecule has 4 rings (SSSR count). The highest BCUT2D eigenvalue weighted by Gasteiger charge is 2.34. The van der Waals surface area contributed by atoms with Crippen LogP contribution in [0.3, 0.4) is 0 Å². The minimum Gasteiger partial charge on any atom is -0.497 e. The normalized spacial score (nSPS) is 17.2. The molecule has 0 radical (unpaired) electrons. The molecule has 1 unspecified atom stereocenters. The van der Waals surface area contributed by atoms with E-state index >= 15 is 0 Å². The van der Waals surface area contributed by atoms with Crippen molar-refractivity contribution in [1.29, 1.82) is 0 Å². The third-order valence-electron chi connectivity index (χ3n) is 6.99. The average Bonchev–Trinajstić information content (AvgIpc) is 3.71.